The van der Waals surface area contributed by atoms with E-state index in [0.717, 1.165) is 35.0 Å². The maximum Gasteiger partial charge on any atom is 0.331 e. The Hall–Kier alpha value is -3.92. The number of nitrogens with one attached hydrogen (secondary N) is 1. The summed E-state index contributed by atoms with van der Waals surface area (Å²) in [6.07, 6.45) is 3.08. The zero-order valence-electron chi connectivity index (χ0n) is 17.0. The number of rotatable bonds is 4. The maximum atomic E-state index is 12.9. The standard InChI is InChI=1S/C24H22N4O3/c25-15-20-21-9-5-2-6-14-27(21)24(31)28(23(20)30)16-22(29)26-19-12-10-18(11-13-19)17-7-3-1-4-8-17/h1,3-4,7-8,10-13H,2,5-6,9,14,16H2,(H,26,29). The average molecular weight is 414 g/mol. The van der Waals surface area contributed by atoms with Gasteiger partial charge in [0.05, 0.1) is 0 Å². The predicted octanol–water partition coefficient (Wildman–Crippen LogP) is 2.91. The van der Waals surface area contributed by atoms with Crippen LogP contribution in [-0.4, -0.2) is 15.0 Å². The van der Waals surface area contributed by atoms with Crippen LogP contribution in [0.1, 0.15) is 30.5 Å². The highest BCUT2D eigenvalue weighted by Gasteiger charge is 2.21. The number of aromatic nitrogens is 2. The third-order valence-corrected chi connectivity index (χ3v) is 5.52. The van der Waals surface area contributed by atoms with Gasteiger partial charge in [-0.3, -0.25) is 14.2 Å². The second kappa shape index (κ2) is 8.84. The van der Waals surface area contributed by atoms with Crippen LogP contribution in [0.5, 0.6) is 0 Å². The molecule has 0 unspecified atom stereocenters. The highest BCUT2D eigenvalue weighted by molar-refractivity contribution is 5.90. The summed E-state index contributed by atoms with van der Waals surface area (Å²) >= 11 is 0. The number of hydrogen-bond donors (Lipinski definition) is 1. The minimum Gasteiger partial charge on any atom is -0.325 e. The molecular weight excluding hydrogens is 392 g/mol. The number of hydrogen-bond acceptors (Lipinski definition) is 4. The Morgan fingerprint density at radius 2 is 1.68 bits per heavy atom. The Morgan fingerprint density at radius 3 is 2.39 bits per heavy atom. The first kappa shape index (κ1) is 20.4. The molecule has 7 nitrogen and oxygen atoms in total. The molecule has 7 heteroatoms. The van der Waals surface area contributed by atoms with Crippen LogP contribution >= 0.6 is 0 Å². The van der Waals surface area contributed by atoms with E-state index in [-0.39, 0.29) is 5.56 Å². The molecule has 2 heterocycles. The lowest BCUT2D eigenvalue weighted by atomic mass is 10.1. The molecule has 0 saturated heterocycles. The molecule has 0 fully saturated rings. The van der Waals surface area contributed by atoms with E-state index in [2.05, 4.69) is 5.32 Å². The largest absolute Gasteiger partial charge is 0.331 e. The third kappa shape index (κ3) is 4.19. The van der Waals surface area contributed by atoms with Gasteiger partial charge < -0.3 is 5.32 Å². The molecule has 0 aliphatic carbocycles. The van der Waals surface area contributed by atoms with Gasteiger partial charge in [0.25, 0.3) is 5.56 Å². The smallest absolute Gasteiger partial charge is 0.325 e. The summed E-state index contributed by atoms with van der Waals surface area (Å²) < 4.78 is 2.34. The number of benzene rings is 2. The molecule has 0 spiro atoms. The fourth-order valence-electron chi connectivity index (χ4n) is 3.94. The molecule has 156 valence electrons. The molecule has 31 heavy (non-hydrogen) atoms. The highest BCUT2D eigenvalue weighted by atomic mass is 16.2. The third-order valence-electron chi connectivity index (χ3n) is 5.52. The van der Waals surface area contributed by atoms with Crippen molar-refractivity contribution < 1.29 is 4.79 Å². The monoisotopic (exact) mass is 414 g/mol. The molecule has 1 aliphatic rings. The molecule has 2 aromatic carbocycles. The van der Waals surface area contributed by atoms with Crippen molar-refractivity contribution in [3.8, 4) is 17.2 Å². The molecule has 0 bridgehead atoms. The lowest BCUT2D eigenvalue weighted by molar-refractivity contribution is -0.116. The first-order chi connectivity index (χ1) is 15.1. The Kier molecular flexibility index (Phi) is 5.80. The lowest BCUT2D eigenvalue weighted by Gasteiger charge is -2.14. The van der Waals surface area contributed by atoms with E-state index in [4.69, 9.17) is 0 Å². The van der Waals surface area contributed by atoms with Gasteiger partial charge in [0.2, 0.25) is 5.91 Å². The van der Waals surface area contributed by atoms with E-state index in [1.807, 2.05) is 48.5 Å². The van der Waals surface area contributed by atoms with Crippen molar-refractivity contribution >= 4 is 11.6 Å². The summed E-state index contributed by atoms with van der Waals surface area (Å²) in [7, 11) is 0. The normalized spacial score (nSPS) is 13.0. The van der Waals surface area contributed by atoms with E-state index < -0.39 is 23.7 Å². The van der Waals surface area contributed by atoms with E-state index in [9.17, 15) is 19.6 Å². The van der Waals surface area contributed by atoms with Gasteiger partial charge in [-0.25, -0.2) is 9.36 Å². The van der Waals surface area contributed by atoms with Gasteiger partial charge in [-0.1, -0.05) is 48.9 Å². The van der Waals surface area contributed by atoms with Gasteiger partial charge in [0.1, 0.15) is 18.2 Å². The summed E-state index contributed by atoms with van der Waals surface area (Å²) in [5.74, 6) is -0.496. The zero-order valence-corrected chi connectivity index (χ0v) is 17.0. The van der Waals surface area contributed by atoms with Gasteiger partial charge in [0.15, 0.2) is 0 Å². The van der Waals surface area contributed by atoms with Crippen LogP contribution in [-0.2, 0) is 24.3 Å². The first-order valence-electron chi connectivity index (χ1n) is 10.3. The van der Waals surface area contributed by atoms with Crippen LogP contribution in [0.4, 0.5) is 5.69 Å². The van der Waals surface area contributed by atoms with E-state index >= 15 is 0 Å². The topological polar surface area (TPSA) is 96.9 Å². The Bertz CT molecular complexity index is 1270. The summed E-state index contributed by atoms with van der Waals surface area (Å²) in [5.41, 5.74) is 1.86. The van der Waals surface area contributed by atoms with Crippen LogP contribution in [0.15, 0.2) is 64.2 Å². The number of anilines is 1. The quantitative estimate of drug-likeness (QED) is 0.710. The van der Waals surface area contributed by atoms with Gasteiger partial charge in [-0.05, 0) is 42.5 Å². The minimum atomic E-state index is -0.699. The summed E-state index contributed by atoms with van der Waals surface area (Å²) in [6.45, 7) is 0.0127. The summed E-state index contributed by atoms with van der Waals surface area (Å²) in [5, 5.41) is 12.2. The Morgan fingerprint density at radius 1 is 0.968 bits per heavy atom. The number of nitrogens with zero attached hydrogens (tertiary/aromatic N) is 3. The van der Waals surface area contributed by atoms with Crippen molar-refractivity contribution in [1.29, 1.82) is 5.26 Å². The van der Waals surface area contributed by atoms with Crippen molar-refractivity contribution in [1.82, 2.24) is 9.13 Å². The fraction of sp³-hybridized carbons (Fsp3) is 0.250. The highest BCUT2D eigenvalue weighted by Crippen LogP contribution is 2.21. The van der Waals surface area contributed by atoms with Crippen molar-refractivity contribution in [3.63, 3.8) is 0 Å². The molecule has 3 aromatic rings. The number of amides is 1. The molecule has 1 amide bonds. The van der Waals surface area contributed by atoms with Gasteiger partial charge in [0, 0.05) is 17.9 Å². The van der Waals surface area contributed by atoms with Crippen LogP contribution in [0.3, 0.4) is 0 Å². The van der Waals surface area contributed by atoms with E-state index in [0.29, 0.717) is 24.3 Å². The predicted molar refractivity (Wildman–Crippen MR) is 118 cm³/mol. The second-order valence-electron chi connectivity index (χ2n) is 7.56. The minimum absolute atomic E-state index is 0.0403. The van der Waals surface area contributed by atoms with Crippen molar-refractivity contribution in [2.24, 2.45) is 0 Å². The van der Waals surface area contributed by atoms with Gasteiger partial charge >= 0.3 is 5.69 Å². The van der Waals surface area contributed by atoms with E-state index in [1.165, 1.54) is 4.57 Å². The molecule has 0 radical (unpaired) electrons. The fourth-order valence-corrected chi connectivity index (χ4v) is 3.94. The molecular formula is C24H22N4O3. The Balaban J connectivity index is 1.57. The first-order valence-corrected chi connectivity index (χ1v) is 10.3. The van der Waals surface area contributed by atoms with Gasteiger partial charge in [-0.2, -0.15) is 5.26 Å². The number of fused-ring (bicyclic) bond motifs is 1. The molecule has 1 aromatic heterocycles. The van der Waals surface area contributed by atoms with Crippen molar-refractivity contribution in [2.45, 2.75) is 38.8 Å². The van der Waals surface area contributed by atoms with Crippen molar-refractivity contribution in [3.05, 3.63) is 86.7 Å². The summed E-state index contributed by atoms with van der Waals surface area (Å²) in [6, 6.07) is 19.1. The van der Waals surface area contributed by atoms with Crippen molar-refractivity contribution in [2.75, 3.05) is 5.32 Å². The molecule has 1 aliphatic heterocycles. The summed E-state index contributed by atoms with van der Waals surface area (Å²) in [4.78, 5) is 38.2. The molecule has 4 rings (SSSR count). The maximum absolute atomic E-state index is 12.9. The number of nitriles is 1. The van der Waals surface area contributed by atoms with Crippen LogP contribution in [0.2, 0.25) is 0 Å². The lowest BCUT2D eigenvalue weighted by Crippen LogP contribution is -2.45. The van der Waals surface area contributed by atoms with E-state index in [1.54, 1.807) is 12.1 Å². The SMILES string of the molecule is N#Cc1c2n(c(=O)n(CC(=O)Nc3ccc(-c4ccccc4)cc3)c1=O)CCCCC2. The van der Waals surface area contributed by atoms with Gasteiger partial charge in [-0.15, -0.1) is 0 Å². The zero-order chi connectivity index (χ0) is 21.8. The molecule has 1 N–H and O–H groups in total. The van der Waals surface area contributed by atoms with Crippen LogP contribution in [0.25, 0.3) is 11.1 Å². The molecule has 0 saturated carbocycles. The molecule has 0 atom stereocenters. The number of carbonyl (C=O) groups is 1. The van der Waals surface area contributed by atoms with Crippen LogP contribution < -0.4 is 16.6 Å². The second-order valence-corrected chi connectivity index (χ2v) is 7.56. The number of carbonyl (C=O) groups excluding carboxylic acids is 1. The van der Waals surface area contributed by atoms with Crippen LogP contribution in [0, 0.1) is 11.3 Å². The Labute approximate surface area is 179 Å². The average Bonchev–Trinajstić information content (AvgIpc) is 3.04.